The summed E-state index contributed by atoms with van der Waals surface area (Å²) < 4.78 is 13.1. The summed E-state index contributed by atoms with van der Waals surface area (Å²) in [5.74, 6) is -0.419. The van der Waals surface area contributed by atoms with E-state index in [9.17, 15) is 14.4 Å². The number of carbonyl (C=O) groups is 3. The van der Waals surface area contributed by atoms with Gasteiger partial charge < -0.3 is 9.47 Å². The fourth-order valence-electron chi connectivity index (χ4n) is 4.38. The Bertz CT molecular complexity index is 1460. The number of benzene rings is 3. The van der Waals surface area contributed by atoms with Crippen LogP contribution in [0.4, 0.5) is 10.5 Å². The first-order valence-electron chi connectivity index (χ1n) is 12.5. The molecule has 0 bridgehead atoms. The number of rotatable bonds is 9. The normalized spacial score (nSPS) is 14.4. The van der Waals surface area contributed by atoms with Crippen LogP contribution in [0.5, 0.6) is 11.5 Å². The number of anilines is 1. The van der Waals surface area contributed by atoms with Gasteiger partial charge in [0.15, 0.2) is 11.5 Å². The van der Waals surface area contributed by atoms with Crippen molar-refractivity contribution in [1.82, 2.24) is 5.32 Å². The summed E-state index contributed by atoms with van der Waals surface area (Å²) in [6, 6.07) is 16.0. The number of hydrogen-bond donors (Lipinski definition) is 1. The van der Waals surface area contributed by atoms with Crippen LogP contribution in [0.25, 0.3) is 6.08 Å². The molecule has 1 heterocycles. The summed E-state index contributed by atoms with van der Waals surface area (Å²) >= 11 is 3.44. The molecule has 4 amide bonds. The SMILES string of the molecule is C=CCc1cc(/C=C2\C(=O)NC(=O)N(c3cc(C)cc(C)c3)C2=O)cc(OCC)c1OCc1ccc(Br)cc1. The number of imide groups is 2. The summed E-state index contributed by atoms with van der Waals surface area (Å²) in [7, 11) is 0. The molecule has 4 rings (SSSR count). The molecule has 8 heteroatoms. The zero-order valence-corrected chi connectivity index (χ0v) is 23.6. The Labute approximate surface area is 236 Å². The first-order chi connectivity index (χ1) is 18.7. The monoisotopic (exact) mass is 588 g/mol. The standard InChI is InChI=1S/C31H29BrN2O5/c1-5-7-23-15-22(17-27(38-6-2)28(23)39-18-21-8-10-24(32)11-9-21)16-26-29(35)33-31(37)34(30(26)36)25-13-19(3)12-20(4)14-25/h5,8-17H,1,6-7,18H2,2-4H3,(H,33,35,37)/b26-16+. The first-order valence-corrected chi connectivity index (χ1v) is 13.3. The Morgan fingerprint density at radius 3 is 2.31 bits per heavy atom. The van der Waals surface area contributed by atoms with E-state index in [-0.39, 0.29) is 5.57 Å². The fraction of sp³-hybridized carbons (Fsp3) is 0.194. The van der Waals surface area contributed by atoms with Gasteiger partial charge in [0.05, 0.1) is 12.3 Å². The third-order valence-electron chi connectivity index (χ3n) is 5.99. The van der Waals surface area contributed by atoms with Gasteiger partial charge in [-0.05, 0) is 91.9 Å². The molecule has 1 aliphatic heterocycles. The number of aryl methyl sites for hydroxylation is 2. The lowest BCUT2D eigenvalue weighted by Crippen LogP contribution is -2.54. The quantitative estimate of drug-likeness (QED) is 0.177. The molecule has 0 unspecified atom stereocenters. The van der Waals surface area contributed by atoms with Crippen LogP contribution in [-0.2, 0) is 22.6 Å². The van der Waals surface area contributed by atoms with Crippen molar-refractivity contribution in [1.29, 1.82) is 0 Å². The Kier molecular flexibility index (Phi) is 8.66. The largest absolute Gasteiger partial charge is 0.490 e. The predicted molar refractivity (Wildman–Crippen MR) is 155 cm³/mol. The first kappa shape index (κ1) is 27.9. The van der Waals surface area contributed by atoms with Crippen molar-refractivity contribution in [2.24, 2.45) is 0 Å². The van der Waals surface area contributed by atoms with Crippen LogP contribution < -0.4 is 19.7 Å². The molecule has 1 aliphatic rings. The van der Waals surface area contributed by atoms with Crippen molar-refractivity contribution < 1.29 is 23.9 Å². The van der Waals surface area contributed by atoms with E-state index < -0.39 is 17.8 Å². The van der Waals surface area contributed by atoms with Crippen molar-refractivity contribution in [3.8, 4) is 11.5 Å². The Balaban J connectivity index is 1.72. The van der Waals surface area contributed by atoms with Gasteiger partial charge >= 0.3 is 6.03 Å². The van der Waals surface area contributed by atoms with Crippen LogP contribution in [0.1, 0.15) is 34.7 Å². The minimum atomic E-state index is -0.786. The summed E-state index contributed by atoms with van der Waals surface area (Å²) in [6.07, 6.45) is 3.68. The van der Waals surface area contributed by atoms with Crippen LogP contribution in [0.3, 0.4) is 0 Å². The molecule has 200 valence electrons. The van der Waals surface area contributed by atoms with Crippen molar-refractivity contribution in [2.75, 3.05) is 11.5 Å². The van der Waals surface area contributed by atoms with Crippen LogP contribution in [0.2, 0.25) is 0 Å². The zero-order chi connectivity index (χ0) is 28.1. The molecule has 39 heavy (non-hydrogen) atoms. The maximum Gasteiger partial charge on any atom is 0.335 e. The van der Waals surface area contributed by atoms with E-state index in [1.807, 2.05) is 57.2 Å². The number of nitrogens with zero attached hydrogens (tertiary/aromatic N) is 1. The van der Waals surface area contributed by atoms with Gasteiger partial charge in [-0.1, -0.05) is 40.2 Å². The number of carbonyl (C=O) groups excluding carboxylic acids is 3. The summed E-state index contributed by atoms with van der Waals surface area (Å²) in [5, 5.41) is 2.28. The number of ether oxygens (including phenoxy) is 2. The molecule has 7 nitrogen and oxygen atoms in total. The Hall–Kier alpha value is -4.17. The number of nitrogens with one attached hydrogen (secondary N) is 1. The maximum atomic E-state index is 13.4. The van der Waals surface area contributed by atoms with E-state index in [1.54, 1.807) is 24.3 Å². The molecule has 0 aliphatic carbocycles. The molecule has 0 aromatic heterocycles. The minimum absolute atomic E-state index is 0.163. The van der Waals surface area contributed by atoms with Gasteiger partial charge in [-0.15, -0.1) is 6.58 Å². The maximum absolute atomic E-state index is 13.4. The van der Waals surface area contributed by atoms with Gasteiger partial charge in [-0.3, -0.25) is 14.9 Å². The molecule has 0 spiro atoms. The summed E-state index contributed by atoms with van der Waals surface area (Å²) in [6.45, 7) is 10.2. The average Bonchev–Trinajstić information content (AvgIpc) is 2.87. The highest BCUT2D eigenvalue weighted by Gasteiger charge is 2.37. The molecule has 0 saturated carbocycles. The van der Waals surface area contributed by atoms with Crippen molar-refractivity contribution in [3.63, 3.8) is 0 Å². The lowest BCUT2D eigenvalue weighted by atomic mass is 10.0. The second kappa shape index (κ2) is 12.1. The van der Waals surface area contributed by atoms with Gasteiger partial charge in [0.2, 0.25) is 0 Å². The number of amides is 4. The number of allylic oxidation sites excluding steroid dienone is 1. The van der Waals surface area contributed by atoms with Gasteiger partial charge in [-0.25, -0.2) is 9.69 Å². The smallest absolute Gasteiger partial charge is 0.335 e. The molecule has 0 radical (unpaired) electrons. The molecule has 1 fully saturated rings. The minimum Gasteiger partial charge on any atom is -0.490 e. The Morgan fingerprint density at radius 1 is 0.974 bits per heavy atom. The Morgan fingerprint density at radius 2 is 1.67 bits per heavy atom. The molecule has 1 N–H and O–H groups in total. The highest BCUT2D eigenvalue weighted by atomic mass is 79.9. The third kappa shape index (κ3) is 6.46. The second-order valence-electron chi connectivity index (χ2n) is 9.15. The molecular weight excluding hydrogens is 560 g/mol. The van der Waals surface area contributed by atoms with Crippen molar-refractivity contribution in [2.45, 2.75) is 33.8 Å². The second-order valence-corrected chi connectivity index (χ2v) is 10.1. The van der Waals surface area contributed by atoms with E-state index in [0.717, 1.165) is 31.6 Å². The van der Waals surface area contributed by atoms with Gasteiger partial charge in [-0.2, -0.15) is 0 Å². The summed E-state index contributed by atoms with van der Waals surface area (Å²) in [4.78, 5) is 39.9. The van der Waals surface area contributed by atoms with E-state index >= 15 is 0 Å². The highest BCUT2D eigenvalue weighted by Crippen LogP contribution is 2.36. The van der Waals surface area contributed by atoms with Gasteiger partial charge in [0.1, 0.15) is 12.2 Å². The lowest BCUT2D eigenvalue weighted by molar-refractivity contribution is -0.122. The van der Waals surface area contributed by atoms with Crippen LogP contribution >= 0.6 is 15.9 Å². The van der Waals surface area contributed by atoms with E-state index in [2.05, 4.69) is 27.8 Å². The predicted octanol–water partition coefficient (Wildman–Crippen LogP) is 6.44. The topological polar surface area (TPSA) is 84.9 Å². The number of hydrogen-bond acceptors (Lipinski definition) is 5. The molecule has 3 aromatic carbocycles. The number of urea groups is 1. The molecular formula is C31H29BrN2O5. The number of barbiturate groups is 1. The van der Waals surface area contributed by atoms with E-state index in [4.69, 9.17) is 9.47 Å². The lowest BCUT2D eigenvalue weighted by Gasteiger charge is -2.27. The van der Waals surface area contributed by atoms with E-state index in [0.29, 0.717) is 42.4 Å². The van der Waals surface area contributed by atoms with Crippen LogP contribution in [-0.4, -0.2) is 24.5 Å². The average molecular weight is 589 g/mol. The third-order valence-corrected chi connectivity index (χ3v) is 6.52. The van der Waals surface area contributed by atoms with Crippen molar-refractivity contribution >= 4 is 45.5 Å². The van der Waals surface area contributed by atoms with Crippen LogP contribution in [0.15, 0.2) is 77.3 Å². The molecule has 1 saturated heterocycles. The van der Waals surface area contributed by atoms with Crippen molar-refractivity contribution in [3.05, 3.63) is 105 Å². The fourth-order valence-corrected chi connectivity index (χ4v) is 4.64. The van der Waals surface area contributed by atoms with Crippen LogP contribution in [0, 0.1) is 13.8 Å². The highest BCUT2D eigenvalue weighted by molar-refractivity contribution is 9.10. The molecule has 0 atom stereocenters. The van der Waals surface area contributed by atoms with Gasteiger partial charge in [0.25, 0.3) is 11.8 Å². The van der Waals surface area contributed by atoms with E-state index in [1.165, 1.54) is 6.08 Å². The molecule has 3 aromatic rings. The number of halogens is 1. The zero-order valence-electron chi connectivity index (χ0n) is 22.0. The summed E-state index contributed by atoms with van der Waals surface area (Å²) in [5.41, 5.74) is 4.34. The van der Waals surface area contributed by atoms with Gasteiger partial charge in [0, 0.05) is 10.0 Å².